The Hall–Kier alpha value is -1.47. The molecular formula is C19H24INO3. The van der Waals surface area contributed by atoms with Crippen LogP contribution in [-0.4, -0.2) is 42.4 Å². The zero-order valence-electron chi connectivity index (χ0n) is 14.3. The van der Waals surface area contributed by atoms with Crippen molar-refractivity contribution in [2.75, 3.05) is 27.7 Å². The third-order valence-electron chi connectivity index (χ3n) is 4.97. The summed E-state index contributed by atoms with van der Waals surface area (Å²) in [5.74, 6) is 1.03. The molecule has 0 aromatic heterocycles. The molecule has 0 radical (unpaired) electrons. The van der Waals surface area contributed by atoms with Crippen LogP contribution in [0.4, 0.5) is 0 Å². The van der Waals surface area contributed by atoms with Crippen LogP contribution in [0.5, 0.6) is 17.2 Å². The molecule has 1 aliphatic rings. The lowest BCUT2D eigenvalue weighted by atomic mass is 9.87. The fourth-order valence-corrected chi connectivity index (χ4v) is 3.47. The molecule has 0 saturated heterocycles. The number of aromatic hydroxyl groups is 2. The Morgan fingerprint density at radius 1 is 1.12 bits per heavy atom. The standard InChI is InChI=1S/C19H23NO3.HI/c1-20(2)9-8-14-11-19(23-3)18(22)12-16(14)17(20)10-13-4-6-15(21)7-5-13;/h4-7,11-12,17H,8-10H2,1-3H3,(H-,21,22);1H. The fourth-order valence-electron chi connectivity index (χ4n) is 3.47. The second kappa shape index (κ2) is 7.19. The number of ether oxygens (including phenoxy) is 1. The lowest BCUT2D eigenvalue weighted by Gasteiger charge is -2.43. The second-order valence-electron chi connectivity index (χ2n) is 6.86. The van der Waals surface area contributed by atoms with Crippen LogP contribution in [0, 0.1) is 0 Å². The van der Waals surface area contributed by atoms with Gasteiger partial charge >= 0.3 is 0 Å². The van der Waals surface area contributed by atoms with E-state index in [1.54, 1.807) is 19.2 Å². The molecule has 3 rings (SSSR count). The summed E-state index contributed by atoms with van der Waals surface area (Å²) < 4.78 is 6.12. The third-order valence-corrected chi connectivity index (χ3v) is 4.97. The van der Waals surface area contributed by atoms with Gasteiger partial charge < -0.3 is 43.4 Å². The molecule has 5 heteroatoms. The highest BCUT2D eigenvalue weighted by molar-refractivity contribution is 5.48. The number of fused-ring (bicyclic) bond motifs is 1. The van der Waals surface area contributed by atoms with Crippen LogP contribution >= 0.6 is 0 Å². The van der Waals surface area contributed by atoms with Crippen molar-refractivity contribution in [1.82, 2.24) is 0 Å². The van der Waals surface area contributed by atoms with Gasteiger partial charge in [0.2, 0.25) is 0 Å². The van der Waals surface area contributed by atoms with E-state index in [2.05, 4.69) is 14.1 Å². The average molecular weight is 441 g/mol. The monoisotopic (exact) mass is 441 g/mol. The highest BCUT2D eigenvalue weighted by Crippen LogP contribution is 2.41. The van der Waals surface area contributed by atoms with Crippen LogP contribution in [0.1, 0.15) is 22.7 Å². The number of hydrogen-bond acceptors (Lipinski definition) is 3. The number of quaternary nitrogens is 1. The van der Waals surface area contributed by atoms with Gasteiger partial charge in [0.05, 0.1) is 27.7 Å². The van der Waals surface area contributed by atoms with Gasteiger partial charge in [-0.05, 0) is 35.4 Å². The lowest BCUT2D eigenvalue weighted by Crippen LogP contribution is -3.00. The van der Waals surface area contributed by atoms with Gasteiger partial charge in [-0.25, -0.2) is 0 Å². The molecule has 0 amide bonds. The Bertz CT molecular complexity index is 713. The van der Waals surface area contributed by atoms with Gasteiger partial charge in [-0.2, -0.15) is 0 Å². The van der Waals surface area contributed by atoms with Gasteiger partial charge in [-0.3, -0.25) is 0 Å². The maximum atomic E-state index is 10.2. The second-order valence-corrected chi connectivity index (χ2v) is 6.86. The molecule has 1 heterocycles. The van der Waals surface area contributed by atoms with Crippen LogP contribution in [0.2, 0.25) is 0 Å². The smallest absolute Gasteiger partial charge is 0.160 e. The molecule has 2 aromatic carbocycles. The number of hydrogen-bond donors (Lipinski definition) is 2. The van der Waals surface area contributed by atoms with Crippen molar-refractivity contribution >= 4 is 0 Å². The molecule has 0 spiro atoms. The van der Waals surface area contributed by atoms with Crippen molar-refractivity contribution in [1.29, 1.82) is 0 Å². The minimum Gasteiger partial charge on any atom is -1.00 e. The first-order valence-electron chi connectivity index (χ1n) is 7.91. The summed E-state index contributed by atoms with van der Waals surface area (Å²) >= 11 is 0. The summed E-state index contributed by atoms with van der Waals surface area (Å²) in [7, 11) is 6.04. The zero-order valence-corrected chi connectivity index (χ0v) is 16.4. The number of phenols is 2. The van der Waals surface area contributed by atoms with E-state index >= 15 is 0 Å². The maximum Gasteiger partial charge on any atom is 0.160 e. The van der Waals surface area contributed by atoms with Gasteiger partial charge in [0, 0.05) is 18.4 Å². The predicted octanol–water partition coefficient (Wildman–Crippen LogP) is 0.0267. The predicted molar refractivity (Wildman–Crippen MR) is 89.9 cm³/mol. The summed E-state index contributed by atoms with van der Waals surface area (Å²) in [6.07, 6.45) is 1.84. The summed E-state index contributed by atoms with van der Waals surface area (Å²) in [5.41, 5.74) is 3.62. The van der Waals surface area contributed by atoms with Crippen molar-refractivity contribution < 1.29 is 43.4 Å². The number of rotatable bonds is 3. The Labute approximate surface area is 160 Å². The SMILES string of the molecule is COc1cc2c(cc1O)C(Cc1ccc(O)cc1)[N+](C)(C)CC2.[I-]. The number of benzene rings is 2. The van der Waals surface area contributed by atoms with Gasteiger partial charge in [0.25, 0.3) is 0 Å². The summed E-state index contributed by atoms with van der Waals surface area (Å²) in [4.78, 5) is 0. The summed E-state index contributed by atoms with van der Waals surface area (Å²) in [6.45, 7) is 1.05. The van der Waals surface area contributed by atoms with Crippen molar-refractivity contribution in [3.63, 3.8) is 0 Å². The van der Waals surface area contributed by atoms with E-state index in [9.17, 15) is 10.2 Å². The molecule has 0 aliphatic carbocycles. The molecule has 4 nitrogen and oxygen atoms in total. The molecule has 1 aliphatic heterocycles. The molecule has 0 bridgehead atoms. The molecule has 0 fully saturated rings. The van der Waals surface area contributed by atoms with Crippen molar-refractivity contribution in [2.24, 2.45) is 0 Å². The number of likely N-dealkylation sites (N-methyl/N-ethyl adjacent to an activating group) is 1. The summed E-state index contributed by atoms with van der Waals surface area (Å²) in [5, 5.41) is 19.7. The summed E-state index contributed by atoms with van der Waals surface area (Å²) in [6, 6.07) is 11.5. The number of phenolic OH excluding ortho intramolecular Hbond substituents is 2. The topological polar surface area (TPSA) is 49.7 Å². The van der Waals surface area contributed by atoms with Crippen LogP contribution in [0.25, 0.3) is 0 Å². The fraction of sp³-hybridized carbons (Fsp3) is 0.368. The largest absolute Gasteiger partial charge is 1.00 e. The highest BCUT2D eigenvalue weighted by Gasteiger charge is 2.36. The molecule has 1 atom stereocenters. The zero-order chi connectivity index (χ0) is 16.6. The third kappa shape index (κ3) is 3.62. The van der Waals surface area contributed by atoms with E-state index in [0.29, 0.717) is 5.75 Å². The molecule has 1 unspecified atom stereocenters. The minimum atomic E-state index is 0. The molecule has 2 N–H and O–H groups in total. The van der Waals surface area contributed by atoms with Crippen molar-refractivity contribution in [2.45, 2.75) is 18.9 Å². The Morgan fingerprint density at radius 3 is 2.42 bits per heavy atom. The first-order valence-corrected chi connectivity index (χ1v) is 7.91. The minimum absolute atomic E-state index is 0. The van der Waals surface area contributed by atoms with E-state index in [1.165, 1.54) is 16.7 Å². The Morgan fingerprint density at radius 2 is 1.79 bits per heavy atom. The van der Waals surface area contributed by atoms with Gasteiger partial charge in [0.15, 0.2) is 11.5 Å². The number of nitrogens with zero attached hydrogens (tertiary/aromatic N) is 1. The van der Waals surface area contributed by atoms with Crippen molar-refractivity contribution in [3.8, 4) is 17.2 Å². The molecular weight excluding hydrogens is 417 g/mol. The van der Waals surface area contributed by atoms with Crippen LogP contribution in [-0.2, 0) is 12.8 Å². The molecule has 0 saturated carbocycles. The quantitative estimate of drug-likeness (QED) is 0.522. The van der Waals surface area contributed by atoms with Gasteiger partial charge in [0.1, 0.15) is 11.8 Å². The van der Waals surface area contributed by atoms with Crippen LogP contribution < -0.4 is 28.7 Å². The van der Waals surface area contributed by atoms with E-state index < -0.39 is 0 Å². The molecule has 2 aromatic rings. The first-order chi connectivity index (χ1) is 10.9. The van der Waals surface area contributed by atoms with E-state index in [1.807, 2.05) is 24.3 Å². The van der Waals surface area contributed by atoms with E-state index in [0.717, 1.165) is 23.9 Å². The van der Waals surface area contributed by atoms with Crippen LogP contribution in [0.15, 0.2) is 36.4 Å². The van der Waals surface area contributed by atoms with E-state index in [-0.39, 0.29) is 41.5 Å². The molecule has 24 heavy (non-hydrogen) atoms. The van der Waals surface area contributed by atoms with Gasteiger partial charge in [-0.1, -0.05) is 12.1 Å². The Balaban J connectivity index is 0.00000208. The van der Waals surface area contributed by atoms with Gasteiger partial charge in [-0.15, -0.1) is 0 Å². The average Bonchev–Trinajstić information content (AvgIpc) is 2.52. The highest BCUT2D eigenvalue weighted by atomic mass is 127. The van der Waals surface area contributed by atoms with Crippen LogP contribution in [0.3, 0.4) is 0 Å². The van der Waals surface area contributed by atoms with E-state index in [4.69, 9.17) is 4.74 Å². The van der Waals surface area contributed by atoms with Crippen molar-refractivity contribution in [3.05, 3.63) is 53.1 Å². The normalized spacial score (nSPS) is 18.4. The maximum absolute atomic E-state index is 10.2. The number of halogens is 1. The number of methoxy groups -OCH3 is 1. The lowest BCUT2D eigenvalue weighted by molar-refractivity contribution is -0.923. The Kier molecular flexibility index (Phi) is 5.65. The first kappa shape index (κ1) is 18.9. The molecule has 130 valence electrons.